The monoisotopic (exact) mass is 265 g/mol. The second-order valence-corrected chi connectivity index (χ2v) is 4.80. The standard InChI is InChI=1S/C11H15N5O3/c1-5-2-7(19-6(5)3-17)16-4-13-8-9(16)14-11(12)15-10(8)18/h4-7,17H,2-3H2,1H3,(H3,12,14,15,18). The fraction of sp³-hybridized carbons (Fsp3) is 0.545. The van der Waals surface area contributed by atoms with Crippen LogP contribution in [0.4, 0.5) is 5.95 Å². The van der Waals surface area contributed by atoms with E-state index in [1.807, 2.05) is 6.92 Å². The molecule has 3 unspecified atom stereocenters. The second-order valence-electron chi connectivity index (χ2n) is 4.80. The normalized spacial score (nSPS) is 27.2. The largest absolute Gasteiger partial charge is 0.394 e. The van der Waals surface area contributed by atoms with Crippen molar-refractivity contribution in [1.29, 1.82) is 0 Å². The number of aromatic amines is 1. The van der Waals surface area contributed by atoms with Crippen LogP contribution in [-0.2, 0) is 4.74 Å². The number of nitrogens with one attached hydrogen (secondary N) is 1. The Morgan fingerprint density at radius 2 is 2.47 bits per heavy atom. The van der Waals surface area contributed by atoms with Gasteiger partial charge in [0, 0.05) is 0 Å². The Balaban J connectivity index is 2.05. The first-order valence-electron chi connectivity index (χ1n) is 6.08. The predicted molar refractivity (Wildman–Crippen MR) is 67.3 cm³/mol. The quantitative estimate of drug-likeness (QED) is 0.680. The average molecular weight is 265 g/mol. The minimum absolute atomic E-state index is 0.0273. The van der Waals surface area contributed by atoms with Crippen LogP contribution in [0.5, 0.6) is 0 Å². The molecule has 19 heavy (non-hydrogen) atoms. The Bertz CT molecular complexity index is 664. The number of aromatic nitrogens is 4. The highest BCUT2D eigenvalue weighted by Crippen LogP contribution is 2.33. The third-order valence-electron chi connectivity index (χ3n) is 3.48. The Morgan fingerprint density at radius 1 is 1.68 bits per heavy atom. The van der Waals surface area contributed by atoms with Gasteiger partial charge < -0.3 is 15.6 Å². The molecule has 3 atom stereocenters. The molecule has 2 aromatic rings. The van der Waals surface area contributed by atoms with Crippen LogP contribution in [0.1, 0.15) is 19.6 Å². The maximum absolute atomic E-state index is 11.7. The molecule has 0 aromatic carbocycles. The first-order valence-corrected chi connectivity index (χ1v) is 6.08. The molecular formula is C11H15N5O3. The van der Waals surface area contributed by atoms with Crippen molar-refractivity contribution in [2.75, 3.05) is 12.3 Å². The molecule has 1 saturated heterocycles. The molecule has 8 nitrogen and oxygen atoms in total. The summed E-state index contributed by atoms with van der Waals surface area (Å²) in [4.78, 5) is 22.2. The Morgan fingerprint density at radius 3 is 3.16 bits per heavy atom. The Hall–Kier alpha value is -1.93. The number of aliphatic hydroxyl groups is 1. The minimum atomic E-state index is -0.369. The van der Waals surface area contributed by atoms with E-state index in [-0.39, 0.29) is 41.9 Å². The molecule has 1 aliphatic heterocycles. The molecular weight excluding hydrogens is 250 g/mol. The second kappa shape index (κ2) is 4.32. The Kier molecular flexibility index (Phi) is 2.76. The number of hydrogen-bond acceptors (Lipinski definition) is 6. The third kappa shape index (κ3) is 1.89. The summed E-state index contributed by atoms with van der Waals surface area (Å²) >= 11 is 0. The highest BCUT2D eigenvalue weighted by Gasteiger charge is 2.33. The predicted octanol–water partition coefficient (Wildman–Crippen LogP) is -0.382. The number of H-pyrrole nitrogens is 1. The number of aliphatic hydroxyl groups excluding tert-OH is 1. The van der Waals surface area contributed by atoms with Crippen LogP contribution < -0.4 is 11.3 Å². The van der Waals surface area contributed by atoms with E-state index >= 15 is 0 Å². The van der Waals surface area contributed by atoms with Crippen molar-refractivity contribution >= 4 is 17.1 Å². The number of hydrogen-bond donors (Lipinski definition) is 3. The third-order valence-corrected chi connectivity index (χ3v) is 3.48. The lowest BCUT2D eigenvalue weighted by atomic mass is 10.0. The molecule has 0 bridgehead atoms. The molecule has 3 rings (SSSR count). The van der Waals surface area contributed by atoms with Gasteiger partial charge in [-0.2, -0.15) is 4.98 Å². The van der Waals surface area contributed by atoms with Gasteiger partial charge in [-0.3, -0.25) is 14.3 Å². The van der Waals surface area contributed by atoms with Crippen LogP contribution in [0.2, 0.25) is 0 Å². The van der Waals surface area contributed by atoms with Gasteiger partial charge >= 0.3 is 0 Å². The lowest BCUT2D eigenvalue weighted by Crippen LogP contribution is -2.18. The maximum atomic E-state index is 11.7. The summed E-state index contributed by atoms with van der Waals surface area (Å²) in [7, 11) is 0. The molecule has 1 fully saturated rings. The lowest BCUT2D eigenvalue weighted by molar-refractivity contribution is -0.0277. The van der Waals surface area contributed by atoms with Crippen molar-refractivity contribution in [1.82, 2.24) is 19.5 Å². The molecule has 0 spiro atoms. The zero-order chi connectivity index (χ0) is 13.6. The van der Waals surface area contributed by atoms with E-state index in [0.29, 0.717) is 5.65 Å². The maximum Gasteiger partial charge on any atom is 0.280 e. The van der Waals surface area contributed by atoms with Crippen LogP contribution in [0, 0.1) is 5.92 Å². The topological polar surface area (TPSA) is 119 Å². The molecule has 0 radical (unpaired) electrons. The average Bonchev–Trinajstić information content (AvgIpc) is 2.92. The molecule has 8 heteroatoms. The first kappa shape index (κ1) is 12.1. The van der Waals surface area contributed by atoms with E-state index in [1.165, 1.54) is 6.33 Å². The van der Waals surface area contributed by atoms with Gasteiger partial charge in [-0.1, -0.05) is 6.92 Å². The van der Waals surface area contributed by atoms with Gasteiger partial charge in [-0.05, 0) is 12.3 Å². The van der Waals surface area contributed by atoms with E-state index in [0.717, 1.165) is 6.42 Å². The van der Waals surface area contributed by atoms with Crippen molar-refractivity contribution < 1.29 is 9.84 Å². The summed E-state index contributed by atoms with van der Waals surface area (Å²) in [5.74, 6) is 0.274. The van der Waals surface area contributed by atoms with Gasteiger partial charge in [0.25, 0.3) is 5.56 Å². The van der Waals surface area contributed by atoms with Gasteiger partial charge in [-0.15, -0.1) is 0 Å². The van der Waals surface area contributed by atoms with Crippen molar-refractivity contribution in [3.63, 3.8) is 0 Å². The van der Waals surface area contributed by atoms with Gasteiger partial charge in [0.2, 0.25) is 5.95 Å². The molecule has 0 amide bonds. The van der Waals surface area contributed by atoms with E-state index in [2.05, 4.69) is 15.0 Å². The molecule has 2 aromatic heterocycles. The smallest absolute Gasteiger partial charge is 0.280 e. The van der Waals surface area contributed by atoms with E-state index < -0.39 is 0 Å². The Labute approximate surface area is 108 Å². The first-order chi connectivity index (χ1) is 9.10. The molecule has 0 saturated carbocycles. The molecule has 0 aliphatic carbocycles. The number of anilines is 1. The summed E-state index contributed by atoms with van der Waals surface area (Å²) in [6.45, 7) is 1.98. The number of fused-ring (bicyclic) bond motifs is 1. The van der Waals surface area contributed by atoms with Crippen LogP contribution >= 0.6 is 0 Å². The number of nitrogen functional groups attached to an aromatic ring is 1. The number of rotatable bonds is 2. The fourth-order valence-corrected chi connectivity index (χ4v) is 2.42. The molecule has 4 N–H and O–H groups in total. The number of nitrogens with zero attached hydrogens (tertiary/aromatic N) is 3. The van der Waals surface area contributed by atoms with Gasteiger partial charge in [0.15, 0.2) is 11.2 Å². The van der Waals surface area contributed by atoms with Gasteiger partial charge in [0.05, 0.1) is 19.0 Å². The molecule has 1 aliphatic rings. The zero-order valence-corrected chi connectivity index (χ0v) is 10.4. The van der Waals surface area contributed by atoms with Crippen molar-refractivity contribution in [2.24, 2.45) is 5.92 Å². The summed E-state index contributed by atoms with van der Waals surface area (Å²) in [6, 6.07) is 0. The van der Waals surface area contributed by atoms with Crippen LogP contribution in [0.25, 0.3) is 11.2 Å². The van der Waals surface area contributed by atoms with Crippen molar-refractivity contribution in [3.05, 3.63) is 16.7 Å². The van der Waals surface area contributed by atoms with Crippen LogP contribution in [-0.4, -0.2) is 37.3 Å². The highest BCUT2D eigenvalue weighted by atomic mass is 16.5. The highest BCUT2D eigenvalue weighted by molar-refractivity contribution is 5.70. The molecule has 3 heterocycles. The number of nitrogens with two attached hydrogens (primary N) is 1. The van der Waals surface area contributed by atoms with Crippen molar-refractivity contribution in [2.45, 2.75) is 25.7 Å². The van der Waals surface area contributed by atoms with Gasteiger partial charge in [-0.25, -0.2) is 4.98 Å². The van der Waals surface area contributed by atoms with E-state index in [4.69, 9.17) is 10.5 Å². The molecule has 102 valence electrons. The fourth-order valence-electron chi connectivity index (χ4n) is 2.42. The van der Waals surface area contributed by atoms with Crippen LogP contribution in [0.15, 0.2) is 11.1 Å². The van der Waals surface area contributed by atoms with E-state index in [1.54, 1.807) is 4.57 Å². The lowest BCUT2D eigenvalue weighted by Gasteiger charge is -2.13. The minimum Gasteiger partial charge on any atom is -0.394 e. The summed E-state index contributed by atoms with van der Waals surface area (Å²) in [6.07, 6.45) is 1.75. The van der Waals surface area contributed by atoms with Crippen LogP contribution in [0.3, 0.4) is 0 Å². The number of imidazole rings is 1. The number of ether oxygens (including phenoxy) is 1. The SMILES string of the molecule is CC1CC(n2cnc3c(=O)[nH]c(N)nc32)OC1CO. The summed E-state index contributed by atoms with van der Waals surface area (Å²) in [5, 5.41) is 9.21. The van der Waals surface area contributed by atoms with Crippen molar-refractivity contribution in [3.8, 4) is 0 Å². The van der Waals surface area contributed by atoms with E-state index in [9.17, 15) is 9.90 Å². The summed E-state index contributed by atoms with van der Waals surface area (Å²) < 4.78 is 7.42. The zero-order valence-electron chi connectivity index (χ0n) is 10.4. The summed E-state index contributed by atoms with van der Waals surface area (Å²) in [5.41, 5.74) is 5.81. The van der Waals surface area contributed by atoms with Gasteiger partial charge in [0.1, 0.15) is 6.23 Å².